The van der Waals surface area contributed by atoms with E-state index in [1.165, 1.54) is 23.3 Å². The molecule has 3 heterocycles. The maximum absolute atomic E-state index is 12.7. The fourth-order valence-electron chi connectivity index (χ4n) is 4.88. The highest BCUT2D eigenvalue weighted by Crippen LogP contribution is 2.51. The molecule has 3 atom stereocenters. The van der Waals surface area contributed by atoms with Crippen LogP contribution in [0.25, 0.3) is 4.96 Å². The van der Waals surface area contributed by atoms with Crippen molar-refractivity contribution in [3.8, 4) is 0 Å². The van der Waals surface area contributed by atoms with E-state index in [9.17, 15) is 4.79 Å². The van der Waals surface area contributed by atoms with Crippen LogP contribution in [0.5, 0.6) is 0 Å². The van der Waals surface area contributed by atoms with E-state index in [2.05, 4.69) is 16.0 Å². The Kier molecular flexibility index (Phi) is 4.74. The number of fused-ring (bicyclic) bond motifs is 2. The molecule has 0 spiro atoms. The summed E-state index contributed by atoms with van der Waals surface area (Å²) in [5, 5.41) is 3.17. The Morgan fingerprint density at radius 2 is 2.11 bits per heavy atom. The first-order valence-electron chi connectivity index (χ1n) is 9.64. The van der Waals surface area contributed by atoms with E-state index in [1.807, 2.05) is 30.6 Å². The predicted octanol–water partition coefficient (Wildman–Crippen LogP) is 4.65. The summed E-state index contributed by atoms with van der Waals surface area (Å²) in [5.41, 5.74) is 3.10. The van der Waals surface area contributed by atoms with E-state index in [0.717, 1.165) is 48.2 Å². The second-order valence-electron chi connectivity index (χ2n) is 7.99. The van der Waals surface area contributed by atoms with E-state index in [0.29, 0.717) is 21.9 Å². The molecule has 1 saturated heterocycles. The van der Waals surface area contributed by atoms with Crippen LogP contribution in [0.15, 0.2) is 34.6 Å². The zero-order valence-corrected chi connectivity index (χ0v) is 17.9. The van der Waals surface area contributed by atoms with Gasteiger partial charge in [0.05, 0.1) is 10.0 Å². The van der Waals surface area contributed by atoms with E-state index >= 15 is 0 Å². The molecule has 0 radical (unpaired) electrons. The lowest BCUT2D eigenvalue weighted by atomic mass is 9.64. The molecule has 1 saturated carbocycles. The second kappa shape index (κ2) is 7.13. The zero-order chi connectivity index (χ0) is 19.4. The third-order valence-corrected chi connectivity index (χ3v) is 7.95. The number of aryl methyl sites for hydroxylation is 1. The van der Waals surface area contributed by atoms with Gasteiger partial charge in [0, 0.05) is 42.5 Å². The second-order valence-corrected chi connectivity index (χ2v) is 9.67. The number of hydrogen-bond acceptors (Lipinski definition) is 4. The standard InChI is InChI=1S/C21H21Cl2N3OS/c1-12-15(20(27)26-6-7-28-21(26)24-12)4-5-25-10-14-8-16(17(14)11-25)13-2-3-18(22)19(23)9-13/h2-3,6-7,9,14,16-17H,4-5,8,10-11H2,1H3. The molecule has 0 amide bonds. The highest BCUT2D eigenvalue weighted by atomic mass is 35.5. The quantitative estimate of drug-likeness (QED) is 0.600. The van der Waals surface area contributed by atoms with Gasteiger partial charge in [0.15, 0.2) is 4.96 Å². The van der Waals surface area contributed by atoms with Crippen molar-refractivity contribution < 1.29 is 0 Å². The lowest BCUT2D eigenvalue weighted by Gasteiger charge is -2.40. The maximum Gasteiger partial charge on any atom is 0.261 e. The first-order chi connectivity index (χ1) is 13.5. The molecule has 2 fully saturated rings. The molecule has 1 aromatic carbocycles. The molecular weight excluding hydrogens is 413 g/mol. The number of aromatic nitrogens is 2. The molecule has 146 valence electrons. The Morgan fingerprint density at radius 1 is 1.25 bits per heavy atom. The minimum Gasteiger partial charge on any atom is -0.302 e. The smallest absolute Gasteiger partial charge is 0.261 e. The van der Waals surface area contributed by atoms with Gasteiger partial charge in [-0.15, -0.1) is 11.3 Å². The maximum atomic E-state index is 12.7. The number of hydrogen-bond donors (Lipinski definition) is 0. The van der Waals surface area contributed by atoms with Gasteiger partial charge in [-0.3, -0.25) is 9.20 Å². The molecule has 4 nitrogen and oxygen atoms in total. The normalized spacial score (nSPS) is 24.5. The van der Waals surface area contributed by atoms with Gasteiger partial charge < -0.3 is 4.90 Å². The van der Waals surface area contributed by atoms with Gasteiger partial charge in [-0.25, -0.2) is 4.98 Å². The third-order valence-electron chi connectivity index (χ3n) is 6.46. The summed E-state index contributed by atoms with van der Waals surface area (Å²) in [6.45, 7) is 5.07. The Morgan fingerprint density at radius 3 is 2.93 bits per heavy atom. The first-order valence-corrected chi connectivity index (χ1v) is 11.3. The predicted molar refractivity (Wildman–Crippen MR) is 115 cm³/mol. The Labute approximate surface area is 177 Å². The monoisotopic (exact) mass is 433 g/mol. The van der Waals surface area contributed by atoms with E-state index in [4.69, 9.17) is 23.2 Å². The third kappa shape index (κ3) is 3.09. The van der Waals surface area contributed by atoms with Crippen LogP contribution in [0, 0.1) is 18.8 Å². The van der Waals surface area contributed by atoms with Crippen LogP contribution < -0.4 is 5.56 Å². The van der Waals surface area contributed by atoms with Crippen LogP contribution in [0.4, 0.5) is 0 Å². The van der Waals surface area contributed by atoms with Crippen LogP contribution >= 0.6 is 34.5 Å². The summed E-state index contributed by atoms with van der Waals surface area (Å²) in [7, 11) is 0. The van der Waals surface area contributed by atoms with Gasteiger partial charge in [0.25, 0.3) is 5.56 Å². The van der Waals surface area contributed by atoms with Gasteiger partial charge >= 0.3 is 0 Å². The molecule has 5 rings (SSSR count). The van der Waals surface area contributed by atoms with Crippen LogP contribution in [0.1, 0.15) is 29.2 Å². The Hall–Kier alpha value is -1.40. The topological polar surface area (TPSA) is 37.6 Å². The van der Waals surface area contributed by atoms with Crippen molar-refractivity contribution in [3.63, 3.8) is 0 Å². The van der Waals surface area contributed by atoms with Crippen molar-refractivity contribution in [1.29, 1.82) is 0 Å². The van der Waals surface area contributed by atoms with Crippen molar-refractivity contribution in [2.24, 2.45) is 11.8 Å². The number of likely N-dealkylation sites (tertiary alicyclic amines) is 1. The van der Waals surface area contributed by atoms with Crippen molar-refractivity contribution in [2.75, 3.05) is 19.6 Å². The Balaban J connectivity index is 1.27. The fraction of sp³-hybridized carbons (Fsp3) is 0.429. The van der Waals surface area contributed by atoms with Gasteiger partial charge in [0.1, 0.15) is 0 Å². The minimum atomic E-state index is 0.0830. The Bertz CT molecular complexity index is 1110. The van der Waals surface area contributed by atoms with Crippen LogP contribution in [0.2, 0.25) is 10.0 Å². The average molecular weight is 434 g/mol. The van der Waals surface area contributed by atoms with Gasteiger partial charge in [-0.1, -0.05) is 29.3 Å². The molecule has 28 heavy (non-hydrogen) atoms. The van der Waals surface area contributed by atoms with Crippen LogP contribution in [0.3, 0.4) is 0 Å². The summed E-state index contributed by atoms with van der Waals surface area (Å²) >= 11 is 13.8. The summed E-state index contributed by atoms with van der Waals surface area (Å²) in [5.74, 6) is 2.00. The van der Waals surface area contributed by atoms with E-state index < -0.39 is 0 Å². The van der Waals surface area contributed by atoms with Gasteiger partial charge in [0.2, 0.25) is 0 Å². The van der Waals surface area contributed by atoms with Crippen molar-refractivity contribution in [1.82, 2.24) is 14.3 Å². The molecule has 7 heteroatoms. The number of benzene rings is 1. The lowest BCUT2D eigenvalue weighted by molar-refractivity contribution is 0.191. The molecule has 0 bridgehead atoms. The van der Waals surface area contributed by atoms with Crippen LogP contribution in [-0.4, -0.2) is 33.9 Å². The first kappa shape index (κ1) is 18.6. The van der Waals surface area contributed by atoms with Crippen molar-refractivity contribution in [2.45, 2.75) is 25.7 Å². The summed E-state index contributed by atoms with van der Waals surface area (Å²) < 4.78 is 1.67. The van der Waals surface area contributed by atoms with Gasteiger partial charge in [-0.05, 0) is 55.2 Å². The van der Waals surface area contributed by atoms with E-state index in [-0.39, 0.29) is 5.56 Å². The van der Waals surface area contributed by atoms with E-state index in [1.54, 1.807) is 4.40 Å². The van der Waals surface area contributed by atoms with Crippen molar-refractivity contribution in [3.05, 3.63) is 67.0 Å². The highest BCUT2D eigenvalue weighted by Gasteiger charge is 2.47. The number of thiazole rings is 1. The number of nitrogens with zero attached hydrogens (tertiary/aromatic N) is 3. The summed E-state index contributed by atoms with van der Waals surface area (Å²) in [6.07, 6.45) is 3.78. The molecule has 2 aliphatic rings. The molecule has 3 aromatic rings. The molecular formula is C21H21Cl2N3OS. The van der Waals surface area contributed by atoms with Crippen LogP contribution in [-0.2, 0) is 6.42 Å². The van der Waals surface area contributed by atoms with Gasteiger partial charge in [-0.2, -0.15) is 0 Å². The number of rotatable bonds is 4. The lowest BCUT2D eigenvalue weighted by Crippen LogP contribution is -2.33. The molecule has 1 aliphatic heterocycles. The molecule has 1 aliphatic carbocycles. The average Bonchev–Trinajstić information content (AvgIpc) is 3.24. The molecule has 2 aromatic heterocycles. The number of halogens is 2. The fourth-order valence-corrected chi connectivity index (χ4v) is 5.94. The van der Waals surface area contributed by atoms with Crippen molar-refractivity contribution >= 4 is 39.5 Å². The summed E-state index contributed by atoms with van der Waals surface area (Å²) in [6, 6.07) is 6.05. The highest BCUT2D eigenvalue weighted by molar-refractivity contribution is 7.15. The molecule has 0 N–H and O–H groups in total. The minimum absolute atomic E-state index is 0.0830. The SMILES string of the molecule is Cc1nc2sccn2c(=O)c1CCN1CC2CC(c3ccc(Cl)c(Cl)c3)C2C1. The summed E-state index contributed by atoms with van der Waals surface area (Å²) in [4.78, 5) is 20.6. The molecule has 3 unspecified atom stereocenters. The largest absolute Gasteiger partial charge is 0.302 e. The zero-order valence-electron chi connectivity index (χ0n) is 15.6.